The van der Waals surface area contributed by atoms with E-state index in [2.05, 4.69) is 15.6 Å². The quantitative estimate of drug-likeness (QED) is 0.298. The number of halogens is 1. The zero-order chi connectivity index (χ0) is 20.6. The molecule has 1 fully saturated rings. The predicted molar refractivity (Wildman–Crippen MR) is 127 cm³/mol. The van der Waals surface area contributed by atoms with Crippen molar-refractivity contribution in [1.82, 2.24) is 14.9 Å². The van der Waals surface area contributed by atoms with Crippen LogP contribution in [0, 0.1) is 5.92 Å². The van der Waals surface area contributed by atoms with Crippen molar-refractivity contribution >= 4 is 40.0 Å². The average Bonchev–Trinajstić information content (AvgIpc) is 2.69. The molecule has 0 bridgehead atoms. The minimum Gasteiger partial charge on any atom is -0.497 e. The molecule has 1 aromatic rings. The van der Waals surface area contributed by atoms with Crippen molar-refractivity contribution in [2.24, 2.45) is 10.9 Å². The molecule has 0 spiro atoms. The number of benzene rings is 1. The molecule has 2 N–H and O–H groups in total. The Morgan fingerprint density at radius 1 is 1.21 bits per heavy atom. The van der Waals surface area contributed by atoms with Gasteiger partial charge in [-0.05, 0) is 37.8 Å². The van der Waals surface area contributed by atoms with E-state index in [9.17, 15) is 8.42 Å². The van der Waals surface area contributed by atoms with Gasteiger partial charge in [0.1, 0.15) is 11.5 Å². The zero-order valence-electron chi connectivity index (χ0n) is 17.6. The monoisotopic (exact) mass is 540 g/mol. The van der Waals surface area contributed by atoms with E-state index in [0.717, 1.165) is 49.0 Å². The van der Waals surface area contributed by atoms with Crippen molar-refractivity contribution in [3.63, 3.8) is 0 Å². The van der Waals surface area contributed by atoms with Gasteiger partial charge in [-0.3, -0.25) is 0 Å². The highest BCUT2D eigenvalue weighted by atomic mass is 127. The van der Waals surface area contributed by atoms with Crippen LogP contribution in [0.15, 0.2) is 23.2 Å². The highest BCUT2D eigenvalue weighted by molar-refractivity contribution is 14.0. The van der Waals surface area contributed by atoms with Crippen molar-refractivity contribution in [1.29, 1.82) is 0 Å². The van der Waals surface area contributed by atoms with E-state index in [0.29, 0.717) is 25.6 Å². The molecule has 0 saturated carbocycles. The van der Waals surface area contributed by atoms with Gasteiger partial charge in [-0.25, -0.2) is 17.7 Å². The molecule has 2 rings (SSSR count). The third-order valence-corrected chi connectivity index (χ3v) is 6.15. The summed E-state index contributed by atoms with van der Waals surface area (Å²) in [5.74, 6) is 2.66. The molecular weight excluding hydrogens is 507 g/mol. The Morgan fingerprint density at radius 2 is 1.90 bits per heavy atom. The van der Waals surface area contributed by atoms with E-state index in [1.54, 1.807) is 18.5 Å². The first-order chi connectivity index (χ1) is 13.4. The first kappa shape index (κ1) is 25.8. The number of nitrogens with one attached hydrogen (secondary N) is 2. The number of ether oxygens (including phenoxy) is 2. The molecular formula is C19H33IN4O4S. The number of methoxy groups -OCH3 is 2. The molecule has 0 amide bonds. The molecule has 1 aliphatic heterocycles. The second kappa shape index (κ2) is 12.4. The molecule has 29 heavy (non-hydrogen) atoms. The minimum atomic E-state index is -3.08. The number of nitrogens with zero attached hydrogens (tertiary/aromatic N) is 2. The third kappa shape index (κ3) is 8.17. The van der Waals surface area contributed by atoms with Gasteiger partial charge in [-0.2, -0.15) is 0 Å². The Labute approximate surface area is 191 Å². The summed E-state index contributed by atoms with van der Waals surface area (Å²) in [5.41, 5.74) is 0.974. The smallest absolute Gasteiger partial charge is 0.211 e. The molecule has 0 unspecified atom stereocenters. The summed E-state index contributed by atoms with van der Waals surface area (Å²) in [5, 5.41) is 6.63. The molecule has 8 nitrogen and oxygen atoms in total. The number of rotatable bonds is 8. The van der Waals surface area contributed by atoms with E-state index >= 15 is 0 Å². The summed E-state index contributed by atoms with van der Waals surface area (Å²) in [7, 11) is 0.174. The summed E-state index contributed by atoms with van der Waals surface area (Å²) >= 11 is 0. The molecule has 1 aromatic carbocycles. The number of aliphatic imine (C=N–C) groups is 1. The molecule has 0 radical (unpaired) electrons. The molecule has 1 heterocycles. The lowest BCUT2D eigenvalue weighted by Crippen LogP contribution is -2.44. The van der Waals surface area contributed by atoms with Gasteiger partial charge in [0.05, 0.1) is 27.0 Å². The van der Waals surface area contributed by atoms with Crippen LogP contribution in [0.25, 0.3) is 0 Å². The molecule has 166 valence electrons. The lowest BCUT2D eigenvalue weighted by Gasteiger charge is -2.30. The zero-order valence-corrected chi connectivity index (χ0v) is 20.7. The van der Waals surface area contributed by atoms with Gasteiger partial charge in [0, 0.05) is 37.8 Å². The van der Waals surface area contributed by atoms with Crippen LogP contribution in [0.1, 0.15) is 25.3 Å². The third-order valence-electron chi connectivity index (χ3n) is 4.85. The summed E-state index contributed by atoms with van der Waals surface area (Å²) in [6.07, 6.45) is 2.98. The van der Waals surface area contributed by atoms with Crippen LogP contribution >= 0.6 is 24.0 Å². The summed E-state index contributed by atoms with van der Waals surface area (Å²) in [6.45, 7) is 5.20. The maximum absolute atomic E-state index is 11.6. The van der Waals surface area contributed by atoms with E-state index in [1.807, 2.05) is 25.1 Å². The second-order valence-corrected chi connectivity index (χ2v) is 8.84. The Hall–Kier alpha value is -1.27. The fourth-order valence-corrected chi connectivity index (χ4v) is 4.05. The van der Waals surface area contributed by atoms with Crippen LogP contribution in [0.3, 0.4) is 0 Å². The van der Waals surface area contributed by atoms with Gasteiger partial charge in [0.2, 0.25) is 10.0 Å². The van der Waals surface area contributed by atoms with E-state index in [4.69, 9.17) is 9.47 Å². The van der Waals surface area contributed by atoms with E-state index in [1.165, 1.54) is 6.26 Å². The lowest BCUT2D eigenvalue weighted by molar-refractivity contribution is 0.275. The fourth-order valence-electron chi connectivity index (χ4n) is 3.17. The van der Waals surface area contributed by atoms with Crippen LogP contribution in [0.4, 0.5) is 0 Å². The van der Waals surface area contributed by atoms with Gasteiger partial charge in [-0.15, -0.1) is 24.0 Å². The predicted octanol–water partition coefficient (Wildman–Crippen LogP) is 2.05. The Bertz CT molecular complexity index is 765. The maximum Gasteiger partial charge on any atom is 0.211 e. The van der Waals surface area contributed by atoms with Crippen LogP contribution in [0.2, 0.25) is 0 Å². The topological polar surface area (TPSA) is 92.3 Å². The number of piperidine rings is 1. The standard InChI is InChI=1S/C19H32N4O4S.HI/c1-5-20-19(21-13-15-8-10-23(11-9-15)28(4,24)25)22-14-16-6-7-17(26-2)12-18(16)27-3;/h6-7,12,15H,5,8-11,13-14H2,1-4H3,(H2,20,21,22);1H. The first-order valence-electron chi connectivity index (χ1n) is 9.55. The summed E-state index contributed by atoms with van der Waals surface area (Å²) < 4.78 is 35.5. The molecule has 1 saturated heterocycles. The van der Waals surface area contributed by atoms with Crippen LogP contribution in [-0.4, -0.2) is 65.3 Å². The van der Waals surface area contributed by atoms with Crippen molar-refractivity contribution < 1.29 is 17.9 Å². The van der Waals surface area contributed by atoms with Crippen LogP contribution in [0.5, 0.6) is 11.5 Å². The van der Waals surface area contributed by atoms with Crippen molar-refractivity contribution in [3.05, 3.63) is 23.8 Å². The van der Waals surface area contributed by atoms with Gasteiger partial charge in [0.15, 0.2) is 5.96 Å². The Balaban J connectivity index is 0.00000420. The Kier molecular flexibility index (Phi) is 11.0. The Morgan fingerprint density at radius 3 is 2.45 bits per heavy atom. The van der Waals surface area contributed by atoms with Crippen molar-refractivity contribution in [2.75, 3.05) is 46.7 Å². The molecule has 0 atom stereocenters. The van der Waals surface area contributed by atoms with E-state index in [-0.39, 0.29) is 24.0 Å². The maximum atomic E-state index is 11.6. The van der Waals surface area contributed by atoms with Crippen LogP contribution in [-0.2, 0) is 16.6 Å². The summed E-state index contributed by atoms with van der Waals surface area (Å²) in [6, 6.07) is 5.69. The number of guanidine groups is 1. The second-order valence-electron chi connectivity index (χ2n) is 6.86. The van der Waals surface area contributed by atoms with Crippen molar-refractivity contribution in [2.45, 2.75) is 26.3 Å². The SMILES string of the molecule is CCNC(=NCc1ccc(OC)cc1OC)NCC1CCN(S(C)(=O)=O)CC1.I. The van der Waals surface area contributed by atoms with Gasteiger partial charge < -0.3 is 20.1 Å². The lowest BCUT2D eigenvalue weighted by atomic mass is 9.98. The molecule has 0 aromatic heterocycles. The number of hydrogen-bond donors (Lipinski definition) is 2. The van der Waals surface area contributed by atoms with Crippen LogP contribution < -0.4 is 20.1 Å². The normalized spacial score (nSPS) is 16.1. The molecule has 1 aliphatic rings. The molecule has 10 heteroatoms. The van der Waals surface area contributed by atoms with Gasteiger partial charge in [0.25, 0.3) is 0 Å². The van der Waals surface area contributed by atoms with E-state index < -0.39 is 10.0 Å². The largest absolute Gasteiger partial charge is 0.497 e. The van der Waals surface area contributed by atoms with Gasteiger partial charge in [-0.1, -0.05) is 0 Å². The average molecular weight is 540 g/mol. The number of hydrogen-bond acceptors (Lipinski definition) is 5. The minimum absolute atomic E-state index is 0. The number of sulfonamides is 1. The first-order valence-corrected chi connectivity index (χ1v) is 11.4. The summed E-state index contributed by atoms with van der Waals surface area (Å²) in [4.78, 5) is 4.65. The highest BCUT2D eigenvalue weighted by Crippen LogP contribution is 2.25. The van der Waals surface area contributed by atoms with Crippen molar-refractivity contribution in [3.8, 4) is 11.5 Å². The fraction of sp³-hybridized carbons (Fsp3) is 0.632. The molecule has 0 aliphatic carbocycles. The highest BCUT2D eigenvalue weighted by Gasteiger charge is 2.24. The van der Waals surface area contributed by atoms with Gasteiger partial charge >= 0.3 is 0 Å².